The molecule has 1 atom stereocenters. The highest BCUT2D eigenvalue weighted by molar-refractivity contribution is 5.85. The van der Waals surface area contributed by atoms with Crippen molar-refractivity contribution < 1.29 is 9.90 Å². The van der Waals surface area contributed by atoms with Crippen LogP contribution in [-0.2, 0) is 11.2 Å². The number of amides is 1. The molecule has 0 unspecified atom stereocenters. The number of carbonyl (C=O) groups excluding carboxylic acids is 1. The van der Waals surface area contributed by atoms with Crippen molar-refractivity contribution >= 4 is 18.3 Å². The molecule has 1 amide bonds. The molecular formula is C11H17ClN2O2. The molecule has 16 heavy (non-hydrogen) atoms. The molecule has 1 aromatic rings. The van der Waals surface area contributed by atoms with Crippen LogP contribution in [-0.4, -0.2) is 36.1 Å². The van der Waals surface area contributed by atoms with E-state index in [1.54, 1.807) is 38.4 Å². The largest absolute Gasteiger partial charge is 0.508 e. The topological polar surface area (TPSA) is 66.6 Å². The molecule has 1 aromatic carbocycles. The Morgan fingerprint density at radius 1 is 1.38 bits per heavy atom. The third-order valence-corrected chi connectivity index (χ3v) is 2.15. The highest BCUT2D eigenvalue weighted by Crippen LogP contribution is 2.11. The van der Waals surface area contributed by atoms with E-state index in [1.165, 1.54) is 4.90 Å². The Bertz CT molecular complexity index is 338. The van der Waals surface area contributed by atoms with Crippen molar-refractivity contribution in [1.29, 1.82) is 0 Å². The molecule has 1 rings (SSSR count). The molecule has 0 saturated carbocycles. The van der Waals surface area contributed by atoms with E-state index in [0.717, 1.165) is 5.56 Å². The van der Waals surface area contributed by atoms with Crippen LogP contribution >= 0.6 is 12.4 Å². The highest BCUT2D eigenvalue weighted by atomic mass is 35.5. The van der Waals surface area contributed by atoms with Crippen LogP contribution in [0.25, 0.3) is 0 Å². The second-order valence-corrected chi connectivity index (χ2v) is 3.71. The molecule has 0 spiro atoms. The van der Waals surface area contributed by atoms with Crippen LogP contribution in [0, 0.1) is 0 Å². The van der Waals surface area contributed by atoms with Crippen molar-refractivity contribution in [1.82, 2.24) is 4.90 Å². The number of nitrogens with two attached hydrogens (primary N) is 1. The lowest BCUT2D eigenvalue weighted by molar-refractivity contribution is -0.130. The van der Waals surface area contributed by atoms with Crippen LogP contribution in [0.1, 0.15) is 5.56 Å². The van der Waals surface area contributed by atoms with Crippen molar-refractivity contribution in [2.24, 2.45) is 5.73 Å². The first kappa shape index (κ1) is 14.7. The summed E-state index contributed by atoms with van der Waals surface area (Å²) in [5, 5.41) is 9.08. The van der Waals surface area contributed by atoms with Crippen molar-refractivity contribution in [2.75, 3.05) is 14.1 Å². The summed E-state index contributed by atoms with van der Waals surface area (Å²) < 4.78 is 0. The summed E-state index contributed by atoms with van der Waals surface area (Å²) in [6.45, 7) is 0. The van der Waals surface area contributed by atoms with Gasteiger partial charge in [-0.2, -0.15) is 0 Å². The van der Waals surface area contributed by atoms with Crippen molar-refractivity contribution in [3.63, 3.8) is 0 Å². The van der Waals surface area contributed by atoms with Gasteiger partial charge in [0.05, 0.1) is 6.04 Å². The normalized spacial score (nSPS) is 11.4. The summed E-state index contributed by atoms with van der Waals surface area (Å²) in [6.07, 6.45) is 0.483. The van der Waals surface area contributed by atoms with Crippen LogP contribution in [0.3, 0.4) is 0 Å². The van der Waals surface area contributed by atoms with Gasteiger partial charge in [0.25, 0.3) is 0 Å². The Morgan fingerprint density at radius 3 is 2.31 bits per heavy atom. The van der Waals surface area contributed by atoms with Gasteiger partial charge in [0.2, 0.25) is 5.91 Å². The number of phenols is 1. The molecule has 0 saturated heterocycles. The molecule has 0 bridgehead atoms. The van der Waals surface area contributed by atoms with Gasteiger partial charge in [0, 0.05) is 14.1 Å². The Morgan fingerprint density at radius 2 is 1.88 bits per heavy atom. The Kier molecular flexibility index (Phi) is 5.85. The average Bonchev–Trinajstić information content (AvgIpc) is 2.20. The predicted molar refractivity (Wildman–Crippen MR) is 65.7 cm³/mol. The van der Waals surface area contributed by atoms with E-state index in [4.69, 9.17) is 10.8 Å². The van der Waals surface area contributed by atoms with E-state index in [0.29, 0.717) is 6.42 Å². The number of phenolic OH excluding ortho intramolecular Hbond substituents is 1. The zero-order valence-electron chi connectivity index (χ0n) is 9.38. The van der Waals surface area contributed by atoms with Crippen LogP contribution in [0.2, 0.25) is 0 Å². The van der Waals surface area contributed by atoms with E-state index in [2.05, 4.69) is 0 Å². The van der Waals surface area contributed by atoms with Crippen molar-refractivity contribution in [3.05, 3.63) is 29.8 Å². The van der Waals surface area contributed by atoms with Gasteiger partial charge < -0.3 is 15.7 Å². The molecule has 0 heterocycles. The number of likely N-dealkylation sites (N-methyl/N-ethyl adjacent to an activating group) is 1. The van der Waals surface area contributed by atoms with Gasteiger partial charge in [0.1, 0.15) is 5.75 Å². The van der Waals surface area contributed by atoms with E-state index in [-0.39, 0.29) is 24.1 Å². The lowest BCUT2D eigenvalue weighted by Crippen LogP contribution is -2.41. The molecule has 0 aliphatic rings. The fourth-order valence-electron chi connectivity index (χ4n) is 1.30. The molecule has 90 valence electrons. The quantitative estimate of drug-likeness (QED) is 0.826. The number of nitrogens with zero attached hydrogens (tertiary/aromatic N) is 1. The lowest BCUT2D eigenvalue weighted by Gasteiger charge is -2.16. The smallest absolute Gasteiger partial charge is 0.239 e. The van der Waals surface area contributed by atoms with Crippen LogP contribution in [0.4, 0.5) is 0 Å². The second kappa shape index (κ2) is 6.35. The summed E-state index contributed by atoms with van der Waals surface area (Å²) in [6, 6.07) is 6.17. The maximum atomic E-state index is 11.5. The lowest BCUT2D eigenvalue weighted by atomic mass is 10.1. The number of aromatic hydroxyl groups is 1. The molecule has 0 aromatic heterocycles. The van der Waals surface area contributed by atoms with Crippen LogP contribution in [0.15, 0.2) is 24.3 Å². The Labute approximate surface area is 101 Å². The Hall–Kier alpha value is -1.26. The van der Waals surface area contributed by atoms with Gasteiger partial charge >= 0.3 is 0 Å². The Balaban J connectivity index is 0.00000225. The van der Waals surface area contributed by atoms with E-state index >= 15 is 0 Å². The maximum Gasteiger partial charge on any atom is 0.239 e. The van der Waals surface area contributed by atoms with Crippen LogP contribution in [0.5, 0.6) is 5.75 Å². The highest BCUT2D eigenvalue weighted by Gasteiger charge is 2.15. The number of hydrogen-bond acceptors (Lipinski definition) is 3. The minimum atomic E-state index is -0.524. The summed E-state index contributed by atoms with van der Waals surface area (Å²) >= 11 is 0. The molecule has 0 fully saturated rings. The van der Waals surface area contributed by atoms with E-state index in [1.807, 2.05) is 0 Å². The zero-order chi connectivity index (χ0) is 11.4. The maximum absolute atomic E-state index is 11.5. The monoisotopic (exact) mass is 244 g/mol. The fourth-order valence-corrected chi connectivity index (χ4v) is 1.30. The number of hydrogen-bond donors (Lipinski definition) is 2. The average molecular weight is 245 g/mol. The molecule has 5 heteroatoms. The number of rotatable bonds is 3. The second-order valence-electron chi connectivity index (χ2n) is 3.71. The molecule has 3 N–H and O–H groups in total. The third kappa shape index (κ3) is 4.08. The number of carbonyl (C=O) groups is 1. The van der Waals surface area contributed by atoms with Crippen molar-refractivity contribution in [3.8, 4) is 5.75 Å². The zero-order valence-corrected chi connectivity index (χ0v) is 10.2. The minimum absolute atomic E-state index is 0. The van der Waals surface area contributed by atoms with E-state index < -0.39 is 6.04 Å². The molecular weight excluding hydrogens is 228 g/mol. The molecule has 0 aliphatic heterocycles. The molecule has 0 aliphatic carbocycles. The van der Waals surface area contributed by atoms with Gasteiger partial charge in [-0.3, -0.25) is 4.79 Å². The van der Waals surface area contributed by atoms with Crippen molar-refractivity contribution in [2.45, 2.75) is 12.5 Å². The summed E-state index contributed by atoms with van der Waals surface area (Å²) in [5.41, 5.74) is 6.67. The minimum Gasteiger partial charge on any atom is -0.508 e. The predicted octanol–water partition coefficient (Wildman–Crippen LogP) is 0.772. The van der Waals surface area contributed by atoms with E-state index in [9.17, 15) is 4.79 Å². The third-order valence-electron chi connectivity index (χ3n) is 2.15. The summed E-state index contributed by atoms with van der Waals surface area (Å²) in [5.74, 6) is 0.120. The van der Waals surface area contributed by atoms with Gasteiger partial charge in [-0.05, 0) is 24.1 Å². The van der Waals surface area contributed by atoms with Gasteiger partial charge in [0.15, 0.2) is 0 Å². The first-order chi connectivity index (χ1) is 7.00. The fraction of sp³-hybridized carbons (Fsp3) is 0.364. The summed E-state index contributed by atoms with van der Waals surface area (Å²) in [7, 11) is 3.36. The number of benzene rings is 1. The molecule has 4 nitrogen and oxygen atoms in total. The van der Waals surface area contributed by atoms with Gasteiger partial charge in [-0.1, -0.05) is 12.1 Å². The van der Waals surface area contributed by atoms with Crippen LogP contribution < -0.4 is 5.73 Å². The first-order valence-corrected chi connectivity index (χ1v) is 4.75. The first-order valence-electron chi connectivity index (χ1n) is 4.75. The van der Waals surface area contributed by atoms with Gasteiger partial charge in [-0.25, -0.2) is 0 Å². The summed E-state index contributed by atoms with van der Waals surface area (Å²) in [4.78, 5) is 12.9. The SMILES string of the molecule is CN(C)C(=O)[C@@H](N)Cc1ccc(O)cc1.Cl. The standard InChI is InChI=1S/C11H16N2O2.ClH/c1-13(2)11(15)10(12)7-8-3-5-9(14)6-4-8;/h3-6,10,14H,7,12H2,1-2H3;1H/t10-;/m0./s1. The van der Waals surface area contributed by atoms with Gasteiger partial charge in [-0.15, -0.1) is 12.4 Å². The molecule has 0 radical (unpaired) electrons. The number of halogens is 1.